The van der Waals surface area contributed by atoms with Crippen LogP contribution in [0.5, 0.6) is 0 Å². The molecule has 1 aromatic heterocycles. The van der Waals surface area contributed by atoms with Crippen LogP contribution in [-0.2, 0) is 6.42 Å². The van der Waals surface area contributed by atoms with Gasteiger partial charge in [0.15, 0.2) is 0 Å². The van der Waals surface area contributed by atoms with Gasteiger partial charge in [0.2, 0.25) is 0 Å². The number of aliphatic hydroxyl groups is 1. The van der Waals surface area contributed by atoms with Crippen molar-refractivity contribution in [2.75, 3.05) is 0 Å². The van der Waals surface area contributed by atoms with E-state index in [4.69, 9.17) is 0 Å². The van der Waals surface area contributed by atoms with Gasteiger partial charge in [0.05, 0.1) is 6.10 Å². The molecule has 3 unspecified atom stereocenters. The predicted octanol–water partition coefficient (Wildman–Crippen LogP) is 3.76. The average molecular weight is 261 g/mol. The zero-order valence-electron chi connectivity index (χ0n) is 12.7. The highest BCUT2D eigenvalue weighted by Crippen LogP contribution is 2.41. The fourth-order valence-corrected chi connectivity index (χ4v) is 3.24. The van der Waals surface area contributed by atoms with Gasteiger partial charge in [-0.1, -0.05) is 26.8 Å². The lowest BCUT2D eigenvalue weighted by molar-refractivity contribution is 0.0192. The molecule has 2 heteroatoms. The lowest BCUT2D eigenvalue weighted by atomic mass is 9.67. The van der Waals surface area contributed by atoms with Gasteiger partial charge < -0.3 is 5.11 Å². The number of pyridine rings is 1. The van der Waals surface area contributed by atoms with E-state index in [9.17, 15) is 5.11 Å². The molecule has 2 nitrogen and oxygen atoms in total. The van der Waals surface area contributed by atoms with Crippen molar-refractivity contribution in [3.8, 4) is 0 Å². The van der Waals surface area contributed by atoms with Crippen molar-refractivity contribution in [1.29, 1.82) is 0 Å². The number of aliphatic hydroxyl groups excluding tert-OH is 1. The number of hydrogen-bond donors (Lipinski definition) is 1. The SMILES string of the molecule is Cc1cccc(CC2CC(C(C)(C)C)CCC2O)n1. The first kappa shape index (κ1) is 14.5. The van der Waals surface area contributed by atoms with E-state index in [1.54, 1.807) is 0 Å². The molecule has 1 aliphatic carbocycles. The summed E-state index contributed by atoms with van der Waals surface area (Å²) in [5.41, 5.74) is 2.53. The summed E-state index contributed by atoms with van der Waals surface area (Å²) in [7, 11) is 0. The minimum Gasteiger partial charge on any atom is -0.393 e. The van der Waals surface area contributed by atoms with Crippen LogP contribution in [0.15, 0.2) is 18.2 Å². The third-order valence-electron chi connectivity index (χ3n) is 4.58. The normalized spacial score (nSPS) is 28.4. The summed E-state index contributed by atoms with van der Waals surface area (Å²) in [6.45, 7) is 8.98. The summed E-state index contributed by atoms with van der Waals surface area (Å²) >= 11 is 0. The van der Waals surface area contributed by atoms with Crippen molar-refractivity contribution in [2.24, 2.45) is 17.3 Å². The number of nitrogens with zero attached hydrogens (tertiary/aromatic N) is 1. The largest absolute Gasteiger partial charge is 0.393 e. The van der Waals surface area contributed by atoms with Crippen LogP contribution < -0.4 is 0 Å². The minimum atomic E-state index is -0.152. The van der Waals surface area contributed by atoms with Gasteiger partial charge in [-0.05, 0) is 62.0 Å². The van der Waals surface area contributed by atoms with E-state index in [0.717, 1.165) is 37.1 Å². The molecule has 3 atom stereocenters. The van der Waals surface area contributed by atoms with E-state index >= 15 is 0 Å². The van der Waals surface area contributed by atoms with Crippen molar-refractivity contribution in [2.45, 2.75) is 59.5 Å². The second-order valence-electron chi connectivity index (χ2n) is 7.18. The fraction of sp³-hybridized carbons (Fsp3) is 0.706. The molecule has 106 valence electrons. The second-order valence-corrected chi connectivity index (χ2v) is 7.18. The Balaban J connectivity index is 2.05. The van der Waals surface area contributed by atoms with Gasteiger partial charge in [-0.2, -0.15) is 0 Å². The highest BCUT2D eigenvalue weighted by Gasteiger charge is 2.35. The predicted molar refractivity (Wildman–Crippen MR) is 79.0 cm³/mol. The van der Waals surface area contributed by atoms with Crippen molar-refractivity contribution in [3.63, 3.8) is 0 Å². The lowest BCUT2D eigenvalue weighted by Gasteiger charge is -2.40. The summed E-state index contributed by atoms with van der Waals surface area (Å²) in [6, 6.07) is 6.17. The average Bonchev–Trinajstić information content (AvgIpc) is 2.30. The van der Waals surface area contributed by atoms with Gasteiger partial charge in [-0.3, -0.25) is 4.98 Å². The quantitative estimate of drug-likeness (QED) is 0.879. The Hall–Kier alpha value is -0.890. The van der Waals surface area contributed by atoms with Crippen LogP contribution in [-0.4, -0.2) is 16.2 Å². The Morgan fingerprint density at radius 2 is 2.00 bits per heavy atom. The molecule has 1 heterocycles. The summed E-state index contributed by atoms with van der Waals surface area (Å²) in [5.74, 6) is 1.08. The second kappa shape index (κ2) is 5.62. The monoisotopic (exact) mass is 261 g/mol. The molecule has 1 N–H and O–H groups in total. The molecular weight excluding hydrogens is 234 g/mol. The van der Waals surface area contributed by atoms with Crippen molar-refractivity contribution in [1.82, 2.24) is 4.98 Å². The highest BCUT2D eigenvalue weighted by atomic mass is 16.3. The van der Waals surface area contributed by atoms with Gasteiger partial charge in [-0.25, -0.2) is 0 Å². The zero-order valence-corrected chi connectivity index (χ0v) is 12.7. The first-order chi connectivity index (χ1) is 8.86. The summed E-state index contributed by atoms with van der Waals surface area (Å²) in [4.78, 5) is 4.58. The van der Waals surface area contributed by atoms with Gasteiger partial charge >= 0.3 is 0 Å². The van der Waals surface area contributed by atoms with Crippen LogP contribution in [0.3, 0.4) is 0 Å². The fourth-order valence-electron chi connectivity index (χ4n) is 3.24. The summed E-state index contributed by atoms with van der Waals surface area (Å²) in [5, 5.41) is 10.3. The molecule has 0 saturated heterocycles. The molecule has 0 radical (unpaired) electrons. The molecule has 1 aliphatic rings. The minimum absolute atomic E-state index is 0.152. The molecule has 0 aromatic carbocycles. The third-order valence-corrected chi connectivity index (χ3v) is 4.58. The Bertz CT molecular complexity index is 422. The van der Waals surface area contributed by atoms with Crippen LogP contribution in [0.25, 0.3) is 0 Å². The van der Waals surface area contributed by atoms with Gasteiger partial charge in [-0.15, -0.1) is 0 Å². The van der Waals surface area contributed by atoms with E-state index in [1.807, 2.05) is 13.0 Å². The number of hydrogen-bond acceptors (Lipinski definition) is 2. The molecule has 0 amide bonds. The maximum absolute atomic E-state index is 10.3. The topological polar surface area (TPSA) is 33.1 Å². The van der Waals surface area contributed by atoms with Crippen LogP contribution in [0, 0.1) is 24.2 Å². The number of aromatic nitrogens is 1. The third kappa shape index (κ3) is 3.79. The standard InChI is InChI=1S/C17H27NO/c1-12-6-5-7-15(18-12)11-13-10-14(17(2,3)4)8-9-16(13)19/h5-7,13-14,16,19H,8-11H2,1-4H3. The van der Waals surface area contributed by atoms with E-state index in [-0.39, 0.29) is 6.10 Å². The molecule has 1 saturated carbocycles. The molecule has 2 rings (SSSR count). The van der Waals surface area contributed by atoms with E-state index in [1.165, 1.54) is 0 Å². The van der Waals surface area contributed by atoms with Crippen LogP contribution in [0.2, 0.25) is 0 Å². The van der Waals surface area contributed by atoms with E-state index in [0.29, 0.717) is 17.3 Å². The zero-order chi connectivity index (χ0) is 14.0. The first-order valence-electron chi connectivity index (χ1n) is 7.47. The summed E-state index contributed by atoms with van der Waals surface area (Å²) < 4.78 is 0. The molecule has 1 fully saturated rings. The molecule has 0 spiro atoms. The number of aryl methyl sites for hydroxylation is 1. The van der Waals surface area contributed by atoms with Crippen LogP contribution >= 0.6 is 0 Å². The Labute approximate surface area is 117 Å². The summed E-state index contributed by atoms with van der Waals surface area (Å²) in [6.07, 6.45) is 3.98. The Morgan fingerprint density at radius 3 is 2.63 bits per heavy atom. The maximum atomic E-state index is 10.3. The van der Waals surface area contributed by atoms with Gasteiger partial charge in [0.25, 0.3) is 0 Å². The van der Waals surface area contributed by atoms with Crippen molar-refractivity contribution in [3.05, 3.63) is 29.6 Å². The van der Waals surface area contributed by atoms with Gasteiger partial charge in [0, 0.05) is 11.4 Å². The van der Waals surface area contributed by atoms with Crippen molar-refractivity contribution < 1.29 is 5.11 Å². The lowest BCUT2D eigenvalue weighted by Crippen LogP contribution is -2.35. The Kier molecular flexibility index (Phi) is 4.29. The molecular formula is C17H27NO. The molecule has 0 bridgehead atoms. The Morgan fingerprint density at radius 1 is 1.26 bits per heavy atom. The molecule has 19 heavy (non-hydrogen) atoms. The van der Waals surface area contributed by atoms with Gasteiger partial charge in [0.1, 0.15) is 0 Å². The van der Waals surface area contributed by atoms with E-state index < -0.39 is 0 Å². The first-order valence-corrected chi connectivity index (χ1v) is 7.47. The highest BCUT2D eigenvalue weighted by molar-refractivity contribution is 5.11. The number of rotatable bonds is 2. The molecule has 0 aliphatic heterocycles. The van der Waals surface area contributed by atoms with E-state index in [2.05, 4.69) is 37.9 Å². The maximum Gasteiger partial charge on any atom is 0.0572 e. The smallest absolute Gasteiger partial charge is 0.0572 e. The van der Waals surface area contributed by atoms with Crippen LogP contribution in [0.4, 0.5) is 0 Å². The molecule has 1 aromatic rings. The van der Waals surface area contributed by atoms with Crippen molar-refractivity contribution >= 4 is 0 Å². The van der Waals surface area contributed by atoms with Crippen LogP contribution in [0.1, 0.15) is 51.4 Å².